The van der Waals surface area contributed by atoms with Crippen LogP contribution in [0.3, 0.4) is 0 Å². The molecule has 1 N–H and O–H groups in total. The summed E-state index contributed by atoms with van der Waals surface area (Å²) in [5.74, 6) is 2.48. The van der Waals surface area contributed by atoms with Crippen molar-refractivity contribution >= 4 is 17.4 Å². The Labute approximate surface area is 216 Å². The first-order chi connectivity index (χ1) is 17.9. The Bertz CT molecular complexity index is 1380. The minimum absolute atomic E-state index is 0.0476. The van der Waals surface area contributed by atoms with Crippen LogP contribution in [-0.2, 0) is 6.42 Å². The number of nitrogens with one attached hydrogen (secondary N) is 1. The maximum atomic E-state index is 13.8. The van der Waals surface area contributed by atoms with E-state index < -0.39 is 0 Å². The number of benzene rings is 3. The number of hydrazone groups is 1. The van der Waals surface area contributed by atoms with Gasteiger partial charge in [0.15, 0.2) is 23.0 Å². The average Bonchev–Trinajstić information content (AvgIpc) is 3.45. The highest BCUT2D eigenvalue weighted by molar-refractivity contribution is 6.09. The van der Waals surface area contributed by atoms with E-state index in [-0.39, 0.29) is 18.0 Å². The van der Waals surface area contributed by atoms with E-state index in [2.05, 4.69) is 5.32 Å². The third-order valence-electron chi connectivity index (χ3n) is 7.21. The van der Waals surface area contributed by atoms with E-state index in [1.807, 2.05) is 62.4 Å². The molecule has 1 aliphatic heterocycles. The normalized spacial score (nSPS) is 17.6. The summed E-state index contributed by atoms with van der Waals surface area (Å²) in [4.78, 5) is 13.8. The molecule has 0 fully saturated rings. The summed E-state index contributed by atoms with van der Waals surface area (Å²) >= 11 is 0. The summed E-state index contributed by atoms with van der Waals surface area (Å²) in [6.07, 6.45) is 0.709. The van der Waals surface area contributed by atoms with Crippen molar-refractivity contribution in [1.29, 1.82) is 0 Å². The van der Waals surface area contributed by atoms with Gasteiger partial charge in [-0.1, -0.05) is 24.3 Å². The molecule has 192 valence electrons. The number of rotatable bonds is 6. The summed E-state index contributed by atoms with van der Waals surface area (Å²) < 4.78 is 22.1. The van der Waals surface area contributed by atoms with Crippen LogP contribution in [0.5, 0.6) is 23.0 Å². The molecule has 2 atom stereocenters. The van der Waals surface area contributed by atoms with Crippen LogP contribution in [-0.4, -0.2) is 45.2 Å². The zero-order chi connectivity index (χ0) is 26.3. The highest BCUT2D eigenvalue weighted by atomic mass is 16.5. The standard InChI is InChI=1S/C29H31N3O5/c1-16-8-7-9-17(2)26(16)30-29(33)32-28(18-10-11-22(34-3)23(13-18)35-4)21-12-19-14-24(36-5)25(37-6)15-20(19)27(21)31-32/h7-11,13-15,21,28H,12H2,1-6H3,(H,30,33). The maximum absolute atomic E-state index is 13.8. The first kappa shape index (κ1) is 24.5. The molecule has 0 spiro atoms. The van der Waals surface area contributed by atoms with Gasteiger partial charge < -0.3 is 24.3 Å². The first-order valence-corrected chi connectivity index (χ1v) is 12.1. The minimum Gasteiger partial charge on any atom is -0.493 e. The van der Waals surface area contributed by atoms with Gasteiger partial charge in [-0.15, -0.1) is 0 Å². The molecule has 2 amide bonds. The SMILES string of the molecule is COc1ccc(C2C3Cc4cc(OC)c(OC)cc4C3=NN2C(=O)Nc2c(C)cccc2C)cc1OC. The zero-order valence-corrected chi connectivity index (χ0v) is 21.9. The van der Waals surface area contributed by atoms with Gasteiger partial charge >= 0.3 is 6.03 Å². The van der Waals surface area contributed by atoms with Gasteiger partial charge in [-0.2, -0.15) is 5.10 Å². The van der Waals surface area contributed by atoms with E-state index in [1.54, 1.807) is 33.4 Å². The number of amides is 2. The lowest BCUT2D eigenvalue weighted by Crippen LogP contribution is -2.34. The highest BCUT2D eigenvalue weighted by Crippen LogP contribution is 2.48. The fourth-order valence-electron chi connectivity index (χ4n) is 5.36. The van der Waals surface area contributed by atoms with Gasteiger partial charge in [0.25, 0.3) is 0 Å². The second-order valence-electron chi connectivity index (χ2n) is 9.26. The molecule has 2 unspecified atom stereocenters. The summed E-state index contributed by atoms with van der Waals surface area (Å²) in [6.45, 7) is 3.96. The molecule has 2 aliphatic rings. The Balaban J connectivity index is 1.60. The number of carbonyl (C=O) groups is 1. The van der Waals surface area contributed by atoms with Crippen molar-refractivity contribution in [2.24, 2.45) is 11.0 Å². The Morgan fingerprint density at radius 1 is 0.865 bits per heavy atom. The third kappa shape index (κ3) is 4.12. The fourth-order valence-corrected chi connectivity index (χ4v) is 5.36. The van der Waals surface area contributed by atoms with Crippen LogP contribution < -0.4 is 24.3 Å². The Kier molecular flexibility index (Phi) is 6.41. The average molecular weight is 502 g/mol. The lowest BCUT2D eigenvalue weighted by atomic mass is 9.90. The van der Waals surface area contributed by atoms with E-state index in [4.69, 9.17) is 24.0 Å². The van der Waals surface area contributed by atoms with E-state index in [0.717, 1.165) is 39.2 Å². The molecule has 5 rings (SSSR count). The third-order valence-corrected chi connectivity index (χ3v) is 7.21. The van der Waals surface area contributed by atoms with Gasteiger partial charge in [-0.25, -0.2) is 9.80 Å². The van der Waals surface area contributed by atoms with Crippen molar-refractivity contribution in [2.75, 3.05) is 33.8 Å². The molecule has 8 heteroatoms. The quantitative estimate of drug-likeness (QED) is 0.482. The Hall–Kier alpha value is -4.20. The topological polar surface area (TPSA) is 81.6 Å². The summed E-state index contributed by atoms with van der Waals surface area (Å²) in [7, 11) is 6.45. The number of ether oxygens (including phenoxy) is 4. The number of hydrogen-bond acceptors (Lipinski definition) is 6. The van der Waals surface area contributed by atoms with Crippen LogP contribution in [0, 0.1) is 19.8 Å². The number of methoxy groups -OCH3 is 4. The van der Waals surface area contributed by atoms with Crippen molar-refractivity contribution in [3.63, 3.8) is 0 Å². The van der Waals surface area contributed by atoms with Crippen molar-refractivity contribution in [3.8, 4) is 23.0 Å². The van der Waals surface area contributed by atoms with Crippen molar-refractivity contribution in [1.82, 2.24) is 5.01 Å². The molecule has 37 heavy (non-hydrogen) atoms. The fraction of sp³-hybridized carbons (Fsp3) is 0.310. The van der Waals surface area contributed by atoms with E-state index >= 15 is 0 Å². The van der Waals surface area contributed by atoms with Crippen LogP contribution in [0.25, 0.3) is 0 Å². The Morgan fingerprint density at radius 2 is 1.49 bits per heavy atom. The maximum Gasteiger partial charge on any atom is 0.342 e. The van der Waals surface area contributed by atoms with Crippen LogP contribution in [0.15, 0.2) is 53.6 Å². The molecule has 3 aromatic rings. The minimum atomic E-state index is -0.344. The van der Waals surface area contributed by atoms with Gasteiger partial charge in [0.1, 0.15) is 0 Å². The number of fused-ring (bicyclic) bond motifs is 3. The number of carbonyl (C=O) groups excluding carboxylic acids is 1. The van der Waals surface area contributed by atoms with Crippen molar-refractivity contribution in [3.05, 3.63) is 76.3 Å². The second-order valence-corrected chi connectivity index (χ2v) is 9.26. The molecule has 0 aromatic heterocycles. The number of urea groups is 1. The van der Waals surface area contributed by atoms with Gasteiger partial charge in [0.05, 0.1) is 40.2 Å². The van der Waals surface area contributed by atoms with Crippen LogP contribution in [0.4, 0.5) is 10.5 Å². The first-order valence-electron chi connectivity index (χ1n) is 12.1. The molecule has 8 nitrogen and oxygen atoms in total. The number of para-hydroxylation sites is 1. The monoisotopic (exact) mass is 501 g/mol. The summed E-state index contributed by atoms with van der Waals surface area (Å²) in [6, 6.07) is 15.0. The number of hydrogen-bond donors (Lipinski definition) is 1. The molecule has 0 saturated carbocycles. The molecule has 0 radical (unpaired) electrons. The Morgan fingerprint density at radius 3 is 2.14 bits per heavy atom. The number of aryl methyl sites for hydroxylation is 2. The van der Waals surface area contributed by atoms with Gasteiger partial charge in [-0.3, -0.25) is 0 Å². The second kappa shape index (κ2) is 9.69. The molecule has 1 aliphatic carbocycles. The van der Waals surface area contributed by atoms with Crippen LogP contribution in [0.2, 0.25) is 0 Å². The smallest absolute Gasteiger partial charge is 0.342 e. The van der Waals surface area contributed by atoms with Crippen molar-refractivity contribution < 1.29 is 23.7 Å². The molecule has 1 heterocycles. The van der Waals surface area contributed by atoms with Gasteiger partial charge in [0, 0.05) is 17.2 Å². The van der Waals surface area contributed by atoms with Crippen LogP contribution in [0.1, 0.15) is 33.9 Å². The number of nitrogens with zero attached hydrogens (tertiary/aromatic N) is 2. The van der Waals surface area contributed by atoms with Gasteiger partial charge in [0.2, 0.25) is 0 Å². The predicted octanol–water partition coefficient (Wildman–Crippen LogP) is 5.50. The molecular weight excluding hydrogens is 470 g/mol. The van der Waals surface area contributed by atoms with Crippen LogP contribution >= 0.6 is 0 Å². The highest BCUT2D eigenvalue weighted by Gasteiger charge is 2.46. The zero-order valence-electron chi connectivity index (χ0n) is 21.9. The molecule has 0 bridgehead atoms. The molecule has 3 aromatic carbocycles. The van der Waals surface area contributed by atoms with E-state index in [9.17, 15) is 4.79 Å². The lowest BCUT2D eigenvalue weighted by Gasteiger charge is -2.27. The van der Waals surface area contributed by atoms with Gasteiger partial charge in [-0.05, 0) is 66.8 Å². The van der Waals surface area contributed by atoms with E-state index in [1.165, 1.54) is 0 Å². The predicted molar refractivity (Wildman–Crippen MR) is 142 cm³/mol. The van der Waals surface area contributed by atoms with E-state index in [0.29, 0.717) is 29.4 Å². The summed E-state index contributed by atoms with van der Waals surface area (Å²) in [5.41, 5.74) is 6.62. The summed E-state index contributed by atoms with van der Waals surface area (Å²) in [5, 5.41) is 9.57. The van der Waals surface area contributed by atoms with Crippen molar-refractivity contribution in [2.45, 2.75) is 26.3 Å². The lowest BCUT2D eigenvalue weighted by molar-refractivity contribution is 0.189. The largest absolute Gasteiger partial charge is 0.493 e. The molecular formula is C29H31N3O5. The molecule has 0 saturated heterocycles. The number of anilines is 1.